The maximum absolute atomic E-state index is 13.4. The molecule has 0 saturated carbocycles. The van der Waals surface area contributed by atoms with Gasteiger partial charge in [-0.1, -0.05) is 23.7 Å². The fourth-order valence-corrected chi connectivity index (χ4v) is 5.16. The topological polar surface area (TPSA) is 50.8 Å². The van der Waals surface area contributed by atoms with Gasteiger partial charge in [-0.3, -0.25) is 9.20 Å². The van der Waals surface area contributed by atoms with Crippen LogP contribution in [-0.4, -0.2) is 26.7 Å². The van der Waals surface area contributed by atoms with E-state index >= 15 is 0 Å². The Hall–Kier alpha value is -3.77. The van der Waals surface area contributed by atoms with Gasteiger partial charge in [0.05, 0.1) is 29.6 Å². The fraction of sp³-hybridized carbons (Fsp3) is 0.185. The third kappa shape index (κ3) is 6.02. The number of rotatable bonds is 7. The van der Waals surface area contributed by atoms with E-state index in [4.69, 9.17) is 16.0 Å². The second kappa shape index (κ2) is 10.7. The number of fused-ring (bicyclic) bond motifs is 1. The molecule has 0 aliphatic heterocycles. The molecule has 0 aliphatic rings. The third-order valence-electron chi connectivity index (χ3n) is 6.11. The van der Waals surface area contributed by atoms with Crippen molar-refractivity contribution in [1.82, 2.24) is 14.3 Å². The van der Waals surface area contributed by atoms with Gasteiger partial charge in [0.2, 0.25) is 0 Å². The number of hydrogen-bond acceptors (Lipinski definition) is 4. The summed E-state index contributed by atoms with van der Waals surface area (Å²) in [6.45, 7) is -0.173. The lowest BCUT2D eigenvalue weighted by Gasteiger charge is -2.23. The Balaban J connectivity index is 1.44. The van der Waals surface area contributed by atoms with E-state index in [0.29, 0.717) is 33.6 Å². The lowest BCUT2D eigenvalue weighted by molar-refractivity contribution is -0.143. The van der Waals surface area contributed by atoms with Gasteiger partial charge < -0.3 is 9.32 Å². The Labute approximate surface area is 232 Å². The summed E-state index contributed by atoms with van der Waals surface area (Å²) in [6.07, 6.45) is -6.74. The van der Waals surface area contributed by atoms with Crippen molar-refractivity contribution in [1.29, 1.82) is 0 Å². The molecule has 0 unspecified atom stereocenters. The zero-order chi connectivity index (χ0) is 28.7. The van der Waals surface area contributed by atoms with E-state index in [9.17, 15) is 31.1 Å². The van der Waals surface area contributed by atoms with E-state index in [1.54, 1.807) is 24.3 Å². The van der Waals surface area contributed by atoms with Gasteiger partial charge >= 0.3 is 12.4 Å². The first-order valence-electron chi connectivity index (χ1n) is 11.7. The summed E-state index contributed by atoms with van der Waals surface area (Å²) in [4.78, 5) is 19.8. The molecule has 5 nitrogen and oxygen atoms in total. The molecule has 13 heteroatoms. The van der Waals surface area contributed by atoms with Gasteiger partial charge in [0.25, 0.3) is 5.91 Å². The smallest absolute Gasteiger partial charge is 0.416 e. The van der Waals surface area contributed by atoms with Crippen molar-refractivity contribution >= 4 is 33.8 Å². The fourth-order valence-electron chi connectivity index (χ4n) is 4.12. The lowest BCUT2D eigenvalue weighted by atomic mass is 10.0. The van der Waals surface area contributed by atoms with Gasteiger partial charge in [0.1, 0.15) is 5.76 Å². The third-order valence-corrected chi connectivity index (χ3v) is 7.25. The number of benzene rings is 2. The van der Waals surface area contributed by atoms with Crippen LogP contribution in [0.1, 0.15) is 32.9 Å². The van der Waals surface area contributed by atoms with Crippen LogP contribution >= 0.6 is 22.9 Å². The summed E-state index contributed by atoms with van der Waals surface area (Å²) in [5.74, 6) is -0.675. The first-order chi connectivity index (χ1) is 18.9. The molecular formula is C27H18ClF6N3O2S. The molecule has 2 aromatic carbocycles. The zero-order valence-electron chi connectivity index (χ0n) is 20.3. The number of nitrogens with zero attached hydrogens (tertiary/aromatic N) is 3. The van der Waals surface area contributed by atoms with Crippen LogP contribution in [-0.2, 0) is 25.3 Å². The predicted molar refractivity (Wildman–Crippen MR) is 137 cm³/mol. The molecule has 0 spiro atoms. The van der Waals surface area contributed by atoms with E-state index in [0.717, 1.165) is 16.2 Å². The van der Waals surface area contributed by atoms with Crippen LogP contribution in [0.5, 0.6) is 0 Å². The molecule has 5 aromatic rings. The van der Waals surface area contributed by atoms with Crippen molar-refractivity contribution in [2.24, 2.45) is 0 Å². The van der Waals surface area contributed by atoms with Crippen LogP contribution < -0.4 is 0 Å². The molecule has 0 bridgehead atoms. The maximum atomic E-state index is 13.4. The number of furan rings is 1. The Kier molecular flexibility index (Phi) is 7.40. The number of thiazole rings is 1. The minimum Gasteiger partial charge on any atom is -0.467 e. The highest BCUT2D eigenvalue weighted by Crippen LogP contribution is 2.36. The van der Waals surface area contributed by atoms with Crippen molar-refractivity contribution in [2.45, 2.75) is 25.3 Å². The number of imidazole rings is 1. The number of halogens is 7. The molecule has 3 aromatic heterocycles. The molecule has 0 radical (unpaired) electrons. The van der Waals surface area contributed by atoms with Crippen LogP contribution in [0.4, 0.5) is 26.3 Å². The highest BCUT2D eigenvalue weighted by molar-refractivity contribution is 7.15. The van der Waals surface area contributed by atoms with Crippen LogP contribution in [0.3, 0.4) is 0 Å². The largest absolute Gasteiger partial charge is 0.467 e. The van der Waals surface area contributed by atoms with E-state index in [-0.39, 0.29) is 25.6 Å². The maximum Gasteiger partial charge on any atom is 0.416 e. The summed E-state index contributed by atoms with van der Waals surface area (Å²) < 4.78 is 87.6. The highest BCUT2D eigenvalue weighted by atomic mass is 35.5. The van der Waals surface area contributed by atoms with Crippen LogP contribution in [0.25, 0.3) is 16.2 Å². The van der Waals surface area contributed by atoms with E-state index in [1.165, 1.54) is 17.6 Å². The first kappa shape index (κ1) is 27.8. The number of aromatic nitrogens is 2. The Morgan fingerprint density at radius 2 is 1.68 bits per heavy atom. The van der Waals surface area contributed by atoms with E-state index in [1.807, 2.05) is 28.1 Å². The number of amides is 1. The molecular weight excluding hydrogens is 580 g/mol. The van der Waals surface area contributed by atoms with Crippen LogP contribution in [0.2, 0.25) is 5.02 Å². The van der Waals surface area contributed by atoms with E-state index in [2.05, 4.69) is 4.98 Å². The molecule has 0 saturated heterocycles. The predicted octanol–water partition coefficient (Wildman–Crippen LogP) is 8.23. The van der Waals surface area contributed by atoms with Crippen molar-refractivity contribution in [3.8, 4) is 11.3 Å². The Morgan fingerprint density at radius 3 is 2.27 bits per heavy atom. The second-order valence-corrected chi connectivity index (χ2v) is 10.1. The van der Waals surface area contributed by atoms with Gasteiger partial charge in [-0.15, -0.1) is 11.3 Å². The van der Waals surface area contributed by atoms with Crippen LogP contribution in [0, 0.1) is 0 Å². The van der Waals surface area contributed by atoms with E-state index < -0.39 is 35.0 Å². The van der Waals surface area contributed by atoms with Crippen molar-refractivity contribution in [3.63, 3.8) is 0 Å². The summed E-state index contributed by atoms with van der Waals surface area (Å²) in [5.41, 5.74) is -1.56. The highest BCUT2D eigenvalue weighted by Gasteiger charge is 2.38. The number of hydrogen-bond donors (Lipinski definition) is 0. The number of alkyl halides is 6. The van der Waals surface area contributed by atoms with Gasteiger partial charge in [-0.2, -0.15) is 26.3 Å². The van der Waals surface area contributed by atoms with Crippen molar-refractivity contribution in [2.75, 3.05) is 6.54 Å². The standard InChI is InChI=1S/C27H18ClF6N3O2S/c28-20-5-3-16(4-6-20)23-14-37-21(15-40-25(37)35-23)7-8-36(13-22-2-1-9-39-22)24(38)17-10-18(26(29,30)31)12-19(11-17)27(32,33)34/h1-6,9-12,14-15H,7-8,13H2. The molecule has 3 heterocycles. The number of carbonyl (C=O) groups excluding carboxylic acids is 1. The average Bonchev–Trinajstić information content (AvgIpc) is 3.64. The summed E-state index contributed by atoms with van der Waals surface area (Å²) >= 11 is 7.32. The summed E-state index contributed by atoms with van der Waals surface area (Å²) in [5, 5.41) is 2.41. The zero-order valence-corrected chi connectivity index (χ0v) is 21.8. The first-order valence-corrected chi connectivity index (χ1v) is 13.0. The second-order valence-electron chi connectivity index (χ2n) is 8.86. The summed E-state index contributed by atoms with van der Waals surface area (Å²) in [7, 11) is 0. The molecule has 1 amide bonds. The van der Waals surface area contributed by atoms with Crippen molar-refractivity contribution < 1.29 is 35.6 Å². The summed E-state index contributed by atoms with van der Waals surface area (Å²) in [6, 6.07) is 11.1. The minimum atomic E-state index is -5.08. The molecule has 5 rings (SSSR count). The lowest BCUT2D eigenvalue weighted by Crippen LogP contribution is -2.33. The molecule has 0 N–H and O–H groups in total. The molecule has 0 atom stereocenters. The minimum absolute atomic E-state index is 0.00689. The van der Waals surface area contributed by atoms with Gasteiger partial charge in [0, 0.05) is 46.4 Å². The SMILES string of the molecule is O=C(c1cc(C(F)(F)F)cc(C(F)(F)F)c1)N(CCc1csc2nc(-c3ccc(Cl)cc3)cn12)Cc1ccco1. The molecule has 208 valence electrons. The number of carbonyl (C=O) groups is 1. The Bertz CT molecular complexity index is 1610. The molecule has 40 heavy (non-hydrogen) atoms. The van der Waals surface area contributed by atoms with Gasteiger partial charge in [0.15, 0.2) is 4.96 Å². The van der Waals surface area contributed by atoms with Crippen molar-refractivity contribution in [3.05, 3.63) is 106 Å². The van der Waals surface area contributed by atoms with Crippen LogP contribution in [0.15, 0.2) is 76.9 Å². The monoisotopic (exact) mass is 597 g/mol. The average molecular weight is 598 g/mol. The normalized spacial score (nSPS) is 12.3. The Morgan fingerprint density at radius 1 is 1.00 bits per heavy atom. The molecule has 0 aliphatic carbocycles. The van der Waals surface area contributed by atoms with Gasteiger partial charge in [-0.05, 0) is 42.5 Å². The molecule has 0 fully saturated rings. The quantitative estimate of drug-likeness (QED) is 0.178. The van der Waals surface area contributed by atoms with Gasteiger partial charge in [-0.25, -0.2) is 4.98 Å².